The van der Waals surface area contributed by atoms with Crippen molar-refractivity contribution in [3.05, 3.63) is 77.1 Å². The van der Waals surface area contributed by atoms with E-state index in [-0.39, 0.29) is 23.5 Å². The van der Waals surface area contributed by atoms with Gasteiger partial charge in [0, 0.05) is 50.1 Å². The van der Waals surface area contributed by atoms with Gasteiger partial charge < -0.3 is 18.8 Å². The monoisotopic (exact) mass is 818 g/mol. The molecule has 0 saturated carbocycles. The number of pyridine rings is 1. The van der Waals surface area contributed by atoms with Gasteiger partial charge in [0.15, 0.2) is 0 Å². The van der Waals surface area contributed by atoms with Gasteiger partial charge in [0.05, 0.1) is 6.61 Å². The van der Waals surface area contributed by atoms with Gasteiger partial charge in [-0.2, -0.15) is 0 Å². The minimum absolute atomic E-state index is 0.167. The maximum Gasteiger partial charge on any atom is 0.302 e. The first-order valence-corrected chi connectivity index (χ1v) is 23.5. The number of nitrogens with zero attached hydrogens (tertiary/aromatic N) is 1. The summed E-state index contributed by atoms with van der Waals surface area (Å²) in [6, 6.07) is 16.8. The number of hydrogen-bond donors (Lipinski definition) is 0. The fourth-order valence-corrected chi connectivity index (χ4v) is 5.51. The lowest BCUT2D eigenvalue weighted by Gasteiger charge is -2.12. The molecule has 0 aliphatic rings. The molecule has 2 atom stereocenters. The van der Waals surface area contributed by atoms with Crippen LogP contribution < -0.4 is 0 Å². The van der Waals surface area contributed by atoms with Crippen LogP contribution in [-0.4, -0.2) is 48.6 Å². The van der Waals surface area contributed by atoms with E-state index in [0.29, 0.717) is 19.2 Å². The van der Waals surface area contributed by atoms with E-state index in [1.54, 1.807) is 14.0 Å². The van der Waals surface area contributed by atoms with E-state index in [2.05, 4.69) is 96.8 Å². The van der Waals surface area contributed by atoms with Crippen LogP contribution in [0.1, 0.15) is 171 Å². The van der Waals surface area contributed by atoms with E-state index in [0.717, 1.165) is 37.5 Å². The third kappa shape index (κ3) is 43.8. The molecule has 0 spiro atoms. The Hall–Kier alpha value is -3.15. The molecule has 0 radical (unpaired) electrons. The molecule has 1 aromatic heterocycles. The average Bonchev–Trinajstić information content (AvgIpc) is 3.20. The van der Waals surface area contributed by atoms with Gasteiger partial charge in [0.1, 0.15) is 11.6 Å². The van der Waals surface area contributed by atoms with Gasteiger partial charge in [0.25, 0.3) is 0 Å². The van der Waals surface area contributed by atoms with Crippen LogP contribution in [0.2, 0.25) is 0 Å². The summed E-state index contributed by atoms with van der Waals surface area (Å²) in [5.41, 5.74) is 5.40. The molecule has 2 unspecified atom stereocenters. The van der Waals surface area contributed by atoms with Crippen molar-refractivity contribution in [3.8, 4) is 0 Å². The summed E-state index contributed by atoms with van der Waals surface area (Å²) in [7, 11) is -0.656. The molecule has 1 heterocycles. The Morgan fingerprint density at radius 2 is 1.26 bits per heavy atom. The zero-order valence-corrected chi connectivity index (χ0v) is 41.0. The van der Waals surface area contributed by atoms with Crippen molar-refractivity contribution >= 4 is 35.7 Å². The second-order valence-electron chi connectivity index (χ2n) is 13.8. The fourth-order valence-electron chi connectivity index (χ4n) is 3.96. The van der Waals surface area contributed by atoms with Crippen molar-refractivity contribution in [2.45, 2.75) is 175 Å². The second kappa shape index (κ2) is 44.0. The molecule has 0 amide bonds. The number of carbonyl (C=O) groups excluding carboxylic acids is 3. The van der Waals surface area contributed by atoms with E-state index in [1.807, 2.05) is 52.9 Å². The van der Waals surface area contributed by atoms with Crippen molar-refractivity contribution in [2.24, 2.45) is 5.92 Å². The van der Waals surface area contributed by atoms with E-state index in [1.165, 1.54) is 73.9 Å². The molecule has 3 aromatic rings. The smallest absolute Gasteiger partial charge is 0.302 e. The molecule has 0 aliphatic heterocycles. The molecule has 0 N–H and O–H groups in total. The first kappa shape index (κ1) is 63.0. The van der Waals surface area contributed by atoms with Crippen LogP contribution in [0.15, 0.2) is 54.7 Å². The Bertz CT molecular complexity index is 1400. The standard InChI is InChI=1S/C10H9N.C10H14.C9H16O3.C7H17O2P.2C4H10.C3H6O.C2H6/c1-8-6-9-4-2-3-5-10(9)7-11-8;1-4-10-7-5-6-8(2)9(10)3;1-7(4-5-8(2)10)6-12-9(3)11;1-4-6-7-10(8,5-2)9-3;2*1-3-4-2;1-3(2)4;1-2/h2-7H,1H3;5-7H,4H2,1-3H3;7H,4-6H2,1-3H3;4-7H2,1-3H3;2*3-4H2,1-2H3;1-2H3;1-2H3. The van der Waals surface area contributed by atoms with Crippen LogP contribution in [0.5, 0.6) is 0 Å². The number of fused-ring (bicyclic) bond motifs is 1. The lowest BCUT2D eigenvalue weighted by molar-refractivity contribution is -0.142. The molecule has 8 heteroatoms. The van der Waals surface area contributed by atoms with Gasteiger partial charge in [-0.25, -0.2) is 0 Å². The maximum atomic E-state index is 11.5. The Labute approximate surface area is 352 Å². The zero-order chi connectivity index (χ0) is 45.2. The molecule has 330 valence electrons. The minimum Gasteiger partial charge on any atom is -0.466 e. The van der Waals surface area contributed by atoms with Crippen molar-refractivity contribution in [1.82, 2.24) is 4.98 Å². The summed E-state index contributed by atoms with van der Waals surface area (Å²) < 4.78 is 21.2. The lowest BCUT2D eigenvalue weighted by Crippen LogP contribution is -2.10. The molecule has 2 aromatic carbocycles. The molecule has 0 fully saturated rings. The number of aryl methyl sites for hydroxylation is 3. The molecule has 3 rings (SSSR count). The number of unbranched alkanes of at least 4 members (excludes halogenated alkanes) is 3. The van der Waals surface area contributed by atoms with Crippen LogP contribution >= 0.6 is 7.37 Å². The van der Waals surface area contributed by atoms with E-state index in [4.69, 9.17) is 9.26 Å². The highest BCUT2D eigenvalue weighted by atomic mass is 31.2. The SMILES string of the molecule is CC.CC(=O)CCC(C)COC(C)=O.CC(C)=O.CCCC.CCCC.CCCCP(=O)(CC)OC.CCc1cccc(C)c1C.Cc1cc2ccccc2cn1. The van der Waals surface area contributed by atoms with Gasteiger partial charge in [-0.15, -0.1) is 0 Å². The predicted octanol–water partition coefficient (Wildman–Crippen LogP) is 14.9. The number of esters is 1. The summed E-state index contributed by atoms with van der Waals surface area (Å²) in [5.74, 6) is 0.368. The highest BCUT2D eigenvalue weighted by molar-refractivity contribution is 7.58. The summed E-state index contributed by atoms with van der Waals surface area (Å²) in [6.07, 6.45) is 13.2. The number of carbonyl (C=O) groups is 3. The molecule has 0 aliphatic carbocycles. The number of ketones is 2. The first-order valence-electron chi connectivity index (χ1n) is 21.5. The maximum absolute atomic E-state index is 11.5. The fraction of sp³-hybridized carbons (Fsp3) is 0.633. The lowest BCUT2D eigenvalue weighted by atomic mass is 10.0. The zero-order valence-electron chi connectivity index (χ0n) is 40.1. The van der Waals surface area contributed by atoms with E-state index >= 15 is 0 Å². The van der Waals surface area contributed by atoms with Gasteiger partial charge in [-0.05, 0) is 94.9 Å². The van der Waals surface area contributed by atoms with Crippen molar-refractivity contribution in [1.29, 1.82) is 0 Å². The van der Waals surface area contributed by atoms with Gasteiger partial charge in [0.2, 0.25) is 7.37 Å². The van der Waals surface area contributed by atoms with Crippen molar-refractivity contribution in [3.63, 3.8) is 0 Å². The average molecular weight is 818 g/mol. The third-order valence-corrected chi connectivity index (χ3v) is 10.7. The Balaban J connectivity index is -0.000000190. The Morgan fingerprint density at radius 1 is 0.754 bits per heavy atom. The molecule has 57 heavy (non-hydrogen) atoms. The van der Waals surface area contributed by atoms with Crippen molar-refractivity contribution < 1.29 is 28.2 Å². The Morgan fingerprint density at radius 3 is 1.65 bits per heavy atom. The third-order valence-electron chi connectivity index (χ3n) is 8.09. The largest absolute Gasteiger partial charge is 0.466 e. The van der Waals surface area contributed by atoms with E-state index < -0.39 is 7.37 Å². The summed E-state index contributed by atoms with van der Waals surface area (Å²) in [6.45, 7) is 33.7. The van der Waals surface area contributed by atoms with E-state index in [9.17, 15) is 18.9 Å². The van der Waals surface area contributed by atoms with Crippen LogP contribution in [0.25, 0.3) is 10.8 Å². The molecule has 7 nitrogen and oxygen atoms in total. The first-order chi connectivity index (χ1) is 26.9. The van der Waals surface area contributed by atoms with Crippen LogP contribution in [0, 0.1) is 26.7 Å². The number of benzene rings is 2. The quantitative estimate of drug-likeness (QED) is 0.125. The predicted molar refractivity (Wildman–Crippen MR) is 251 cm³/mol. The summed E-state index contributed by atoms with van der Waals surface area (Å²) >= 11 is 0. The summed E-state index contributed by atoms with van der Waals surface area (Å²) in [4.78, 5) is 34.6. The number of ether oxygens (including phenoxy) is 1. The van der Waals surface area contributed by atoms with Crippen LogP contribution in [-0.2, 0) is 34.6 Å². The topological polar surface area (TPSA) is 99.6 Å². The molecule has 0 saturated heterocycles. The van der Waals surface area contributed by atoms with Crippen molar-refractivity contribution in [2.75, 3.05) is 26.0 Å². The van der Waals surface area contributed by atoms with Gasteiger partial charge in [-0.3, -0.25) is 14.3 Å². The number of aromatic nitrogens is 1. The number of Topliss-reactive ketones (excluding diaryl/α,β-unsaturated/α-hetero) is 2. The minimum atomic E-state index is -2.20. The summed E-state index contributed by atoms with van der Waals surface area (Å²) in [5, 5.41) is 2.47. The Kier molecular flexibility index (Phi) is 48.6. The van der Waals surface area contributed by atoms with Gasteiger partial charge >= 0.3 is 5.97 Å². The highest BCUT2D eigenvalue weighted by Gasteiger charge is 2.16. The highest BCUT2D eigenvalue weighted by Crippen LogP contribution is 2.46. The number of hydrogen-bond acceptors (Lipinski definition) is 7. The normalized spacial score (nSPS) is 10.8. The number of rotatable bonds is 13. The molecular formula is C49H88NO6P. The van der Waals surface area contributed by atoms with Gasteiger partial charge in [-0.1, -0.05) is 144 Å². The molecule has 0 bridgehead atoms. The second-order valence-corrected chi connectivity index (χ2v) is 16.9. The van der Waals surface area contributed by atoms with Crippen LogP contribution in [0.4, 0.5) is 0 Å². The van der Waals surface area contributed by atoms with Crippen LogP contribution in [0.3, 0.4) is 0 Å². The molecular weight excluding hydrogens is 730 g/mol.